The number of nitriles is 1. The molecule has 38 heavy (non-hydrogen) atoms. The Labute approximate surface area is 220 Å². The molecule has 0 spiro atoms. The third-order valence-corrected chi connectivity index (χ3v) is 6.61. The monoisotopic (exact) mass is 509 g/mol. The number of nitrogens with one attached hydrogen (secondary N) is 2. The van der Waals surface area contributed by atoms with Gasteiger partial charge in [0.05, 0.1) is 11.8 Å². The van der Waals surface area contributed by atoms with E-state index in [0.717, 1.165) is 5.56 Å². The second-order valence-corrected chi connectivity index (χ2v) is 8.97. The van der Waals surface area contributed by atoms with Crippen LogP contribution < -0.4 is 15.6 Å². The maximum atomic E-state index is 12.7. The first-order chi connectivity index (χ1) is 18.2. The van der Waals surface area contributed by atoms with Crippen LogP contribution in [-0.2, 0) is 6.61 Å². The molecule has 0 aliphatic carbocycles. The number of rotatable bonds is 6. The number of phenols is 1. The van der Waals surface area contributed by atoms with Gasteiger partial charge in [-0.1, -0.05) is 18.2 Å². The van der Waals surface area contributed by atoms with Gasteiger partial charge in [-0.05, 0) is 97.5 Å². The molecule has 1 heterocycles. The summed E-state index contributed by atoms with van der Waals surface area (Å²) in [7, 11) is 0. The van der Waals surface area contributed by atoms with Gasteiger partial charge in [0.2, 0.25) is 5.76 Å². The summed E-state index contributed by atoms with van der Waals surface area (Å²) in [5.74, 6) is -0.833. The average molecular weight is 510 g/mol. The van der Waals surface area contributed by atoms with Crippen molar-refractivity contribution >= 4 is 11.8 Å². The van der Waals surface area contributed by atoms with Gasteiger partial charge in [-0.2, -0.15) is 5.26 Å². The van der Waals surface area contributed by atoms with E-state index in [2.05, 4.69) is 44.6 Å². The summed E-state index contributed by atoms with van der Waals surface area (Å²) in [4.78, 5) is 25.1. The highest BCUT2D eigenvalue weighted by molar-refractivity contribution is 6.01. The van der Waals surface area contributed by atoms with Crippen molar-refractivity contribution in [3.8, 4) is 28.7 Å². The second kappa shape index (κ2) is 10.9. The van der Waals surface area contributed by atoms with Crippen molar-refractivity contribution in [1.82, 2.24) is 10.9 Å². The molecule has 8 nitrogen and oxygen atoms in total. The minimum atomic E-state index is -0.654. The summed E-state index contributed by atoms with van der Waals surface area (Å²) in [5.41, 5.74) is 12.0. The highest BCUT2D eigenvalue weighted by Gasteiger charge is 2.18. The fourth-order valence-corrected chi connectivity index (χ4v) is 4.12. The van der Waals surface area contributed by atoms with Gasteiger partial charge in [0, 0.05) is 11.1 Å². The van der Waals surface area contributed by atoms with Gasteiger partial charge < -0.3 is 14.3 Å². The van der Waals surface area contributed by atoms with Gasteiger partial charge in [0.1, 0.15) is 24.2 Å². The van der Waals surface area contributed by atoms with Crippen LogP contribution in [0, 0.1) is 39.0 Å². The Morgan fingerprint density at radius 2 is 1.58 bits per heavy atom. The first kappa shape index (κ1) is 26.0. The predicted molar refractivity (Wildman–Crippen MR) is 142 cm³/mol. The number of hydrogen-bond donors (Lipinski definition) is 3. The topological polar surface area (TPSA) is 125 Å². The van der Waals surface area contributed by atoms with Crippen LogP contribution in [0.2, 0.25) is 0 Å². The van der Waals surface area contributed by atoms with Gasteiger partial charge in [-0.15, -0.1) is 0 Å². The molecule has 192 valence electrons. The summed E-state index contributed by atoms with van der Waals surface area (Å²) in [6.45, 7) is 8.86. The Hall–Kier alpha value is -5.03. The molecule has 3 aromatic carbocycles. The van der Waals surface area contributed by atoms with Crippen LogP contribution >= 0.6 is 0 Å². The number of carbonyl (C=O) groups is 2. The van der Waals surface area contributed by atoms with E-state index in [1.54, 1.807) is 12.1 Å². The molecule has 0 unspecified atom stereocenters. The Morgan fingerprint density at radius 3 is 2.24 bits per heavy atom. The molecule has 0 radical (unpaired) electrons. The lowest BCUT2D eigenvalue weighted by molar-refractivity contribution is 0.0831. The maximum Gasteiger partial charge on any atom is 0.306 e. The average Bonchev–Trinajstić information content (AvgIpc) is 3.41. The maximum absolute atomic E-state index is 12.7. The van der Waals surface area contributed by atoms with Gasteiger partial charge in [0.25, 0.3) is 5.91 Å². The van der Waals surface area contributed by atoms with Crippen molar-refractivity contribution in [3.63, 3.8) is 0 Å². The van der Waals surface area contributed by atoms with Crippen molar-refractivity contribution < 1.29 is 23.8 Å². The number of nitrogens with zero attached hydrogens (tertiary/aromatic N) is 1. The molecule has 0 bridgehead atoms. The molecule has 0 saturated carbocycles. The third kappa shape index (κ3) is 5.37. The molecule has 1 aromatic heterocycles. The SMILES string of the molecule is Cc1cc(C)c(C)c(COc2ccc(-c3ccoc3C(=O)NNC(=O)c3ccc(O)c(C#N)c3)cc2)c1C. The molecule has 0 fully saturated rings. The van der Waals surface area contributed by atoms with Crippen LogP contribution in [0.4, 0.5) is 0 Å². The van der Waals surface area contributed by atoms with Crippen LogP contribution in [0.25, 0.3) is 11.1 Å². The lowest BCUT2D eigenvalue weighted by Crippen LogP contribution is -2.41. The number of ether oxygens (including phenoxy) is 1. The smallest absolute Gasteiger partial charge is 0.306 e. The van der Waals surface area contributed by atoms with E-state index in [4.69, 9.17) is 14.4 Å². The first-order valence-corrected chi connectivity index (χ1v) is 11.9. The van der Waals surface area contributed by atoms with E-state index in [1.807, 2.05) is 24.3 Å². The van der Waals surface area contributed by atoms with E-state index in [0.29, 0.717) is 17.9 Å². The zero-order valence-electron chi connectivity index (χ0n) is 21.5. The van der Waals surface area contributed by atoms with Crippen molar-refractivity contribution in [2.24, 2.45) is 0 Å². The summed E-state index contributed by atoms with van der Waals surface area (Å²) in [6, 6.07) is 16.8. The number of aryl methyl sites for hydroxylation is 2. The zero-order chi connectivity index (χ0) is 27.4. The number of aromatic hydroxyl groups is 1. The van der Waals surface area contributed by atoms with Crippen LogP contribution in [0.1, 0.15) is 54.3 Å². The summed E-state index contributed by atoms with van der Waals surface area (Å²) >= 11 is 0. The first-order valence-electron chi connectivity index (χ1n) is 11.9. The Balaban J connectivity index is 1.42. The molecular weight excluding hydrogens is 482 g/mol. The van der Waals surface area contributed by atoms with Crippen molar-refractivity contribution in [2.45, 2.75) is 34.3 Å². The predicted octanol–water partition coefficient (Wildman–Crippen LogP) is 5.41. The number of furan rings is 1. The molecule has 0 aliphatic rings. The molecule has 2 amide bonds. The number of benzene rings is 3. The molecule has 0 aliphatic heterocycles. The minimum absolute atomic E-state index is 0.0175. The number of carbonyl (C=O) groups excluding carboxylic acids is 2. The molecule has 4 rings (SSSR count). The number of amides is 2. The standard InChI is InChI=1S/C30H27N3O5/c1-17-13-18(2)20(4)26(19(17)3)16-38-24-8-5-21(6-9-24)25-11-12-37-28(25)30(36)33-32-29(35)22-7-10-27(34)23(14-22)15-31/h5-14,34H,16H2,1-4H3,(H,32,35)(H,33,36). The Kier molecular flexibility index (Phi) is 7.49. The minimum Gasteiger partial charge on any atom is -0.507 e. The number of hydrazine groups is 1. The van der Waals surface area contributed by atoms with Gasteiger partial charge in [-0.3, -0.25) is 20.4 Å². The van der Waals surface area contributed by atoms with Crippen molar-refractivity contribution in [1.29, 1.82) is 5.26 Å². The summed E-state index contributed by atoms with van der Waals surface area (Å²) in [5, 5.41) is 18.6. The quantitative estimate of drug-likeness (QED) is 0.299. The molecule has 8 heteroatoms. The van der Waals surface area contributed by atoms with Crippen LogP contribution in [0.3, 0.4) is 0 Å². The fraction of sp³-hybridized carbons (Fsp3) is 0.167. The molecule has 0 atom stereocenters. The van der Waals surface area contributed by atoms with Gasteiger partial charge in [0.15, 0.2) is 0 Å². The Morgan fingerprint density at radius 1 is 0.921 bits per heavy atom. The third-order valence-electron chi connectivity index (χ3n) is 6.61. The Bertz CT molecular complexity index is 1540. The van der Waals surface area contributed by atoms with E-state index in [1.165, 1.54) is 52.3 Å². The van der Waals surface area contributed by atoms with Gasteiger partial charge >= 0.3 is 5.91 Å². The highest BCUT2D eigenvalue weighted by atomic mass is 16.5. The van der Waals surface area contributed by atoms with Crippen LogP contribution in [-0.4, -0.2) is 16.9 Å². The van der Waals surface area contributed by atoms with Crippen molar-refractivity contribution in [3.05, 3.63) is 106 Å². The zero-order valence-corrected chi connectivity index (χ0v) is 21.5. The molecular formula is C30H27N3O5. The van der Waals surface area contributed by atoms with Crippen molar-refractivity contribution in [2.75, 3.05) is 0 Å². The van der Waals surface area contributed by atoms with Gasteiger partial charge in [-0.25, -0.2) is 0 Å². The lowest BCUT2D eigenvalue weighted by atomic mass is 9.95. The summed E-state index contributed by atoms with van der Waals surface area (Å²) < 4.78 is 11.4. The summed E-state index contributed by atoms with van der Waals surface area (Å²) in [6.07, 6.45) is 1.39. The highest BCUT2D eigenvalue weighted by Crippen LogP contribution is 2.28. The molecule has 3 N–H and O–H groups in total. The second-order valence-electron chi connectivity index (χ2n) is 8.97. The van der Waals surface area contributed by atoms with Crippen LogP contribution in [0.15, 0.2) is 65.3 Å². The molecule has 0 saturated heterocycles. The largest absolute Gasteiger partial charge is 0.507 e. The number of phenolic OH excluding ortho intramolecular Hbond substituents is 1. The lowest BCUT2D eigenvalue weighted by Gasteiger charge is -2.16. The van der Waals surface area contributed by atoms with E-state index < -0.39 is 11.8 Å². The molecule has 4 aromatic rings. The normalized spacial score (nSPS) is 10.5. The van der Waals surface area contributed by atoms with E-state index in [-0.39, 0.29) is 22.6 Å². The van der Waals surface area contributed by atoms with E-state index >= 15 is 0 Å². The van der Waals surface area contributed by atoms with Crippen LogP contribution in [0.5, 0.6) is 11.5 Å². The van der Waals surface area contributed by atoms with E-state index in [9.17, 15) is 14.7 Å². The fourth-order valence-electron chi connectivity index (χ4n) is 4.12. The number of hydrogen-bond acceptors (Lipinski definition) is 6.